The third kappa shape index (κ3) is 3.01. The van der Waals surface area contributed by atoms with Gasteiger partial charge in [0.2, 0.25) is 10.0 Å². The first kappa shape index (κ1) is 13.9. The van der Waals surface area contributed by atoms with E-state index >= 15 is 0 Å². The second-order valence-electron chi connectivity index (χ2n) is 4.90. The molecule has 5 nitrogen and oxygen atoms in total. The molecule has 0 amide bonds. The van der Waals surface area contributed by atoms with Crippen LogP contribution in [0.3, 0.4) is 0 Å². The highest BCUT2D eigenvalue weighted by Crippen LogP contribution is 2.28. The Morgan fingerprint density at radius 1 is 1.14 bits per heavy atom. The molecule has 0 bridgehead atoms. The molecule has 2 aromatic rings. The largest absolute Gasteiger partial charge is 0.508 e. The Balaban J connectivity index is 1.65. The molecule has 0 fully saturated rings. The van der Waals surface area contributed by atoms with Gasteiger partial charge in [-0.1, -0.05) is 18.2 Å². The maximum Gasteiger partial charge on any atom is 0.240 e. The van der Waals surface area contributed by atoms with Gasteiger partial charge in [0.1, 0.15) is 17.6 Å². The predicted octanol–water partition coefficient (Wildman–Crippen LogP) is 1.67. The zero-order valence-electron chi connectivity index (χ0n) is 11.2. The van der Waals surface area contributed by atoms with Crippen LogP contribution in [-0.2, 0) is 16.4 Å². The van der Waals surface area contributed by atoms with Gasteiger partial charge in [0, 0.05) is 13.0 Å². The van der Waals surface area contributed by atoms with Crippen LogP contribution in [0.2, 0.25) is 0 Å². The lowest BCUT2D eigenvalue weighted by atomic mass is 10.1. The Labute approximate surface area is 123 Å². The summed E-state index contributed by atoms with van der Waals surface area (Å²) in [6.07, 6.45) is 0.489. The van der Waals surface area contributed by atoms with Gasteiger partial charge in [-0.15, -0.1) is 0 Å². The number of aromatic hydroxyl groups is 1. The summed E-state index contributed by atoms with van der Waals surface area (Å²) in [4.78, 5) is 0.121. The molecule has 1 aliphatic heterocycles. The third-order valence-corrected chi connectivity index (χ3v) is 4.80. The zero-order chi connectivity index (χ0) is 14.9. The molecular weight excluding hydrogens is 290 g/mol. The quantitative estimate of drug-likeness (QED) is 0.901. The highest BCUT2D eigenvalue weighted by molar-refractivity contribution is 7.89. The first-order valence-electron chi connectivity index (χ1n) is 6.58. The number of phenolic OH excluding ortho intramolecular Hbond substituents is 1. The maximum absolute atomic E-state index is 12.1. The number of nitrogens with one attached hydrogen (secondary N) is 1. The van der Waals surface area contributed by atoms with Gasteiger partial charge in [-0.05, 0) is 35.9 Å². The number of para-hydroxylation sites is 1. The van der Waals surface area contributed by atoms with E-state index in [1.165, 1.54) is 24.3 Å². The average Bonchev–Trinajstić information content (AvgIpc) is 2.89. The first-order valence-corrected chi connectivity index (χ1v) is 8.06. The molecule has 3 rings (SSSR count). The SMILES string of the molecule is O=S(=O)(NCC1Cc2ccccc2O1)c1ccc(O)cc1. The van der Waals surface area contributed by atoms with Crippen molar-refractivity contribution < 1.29 is 18.3 Å². The summed E-state index contributed by atoms with van der Waals surface area (Å²) in [5.74, 6) is 0.842. The van der Waals surface area contributed by atoms with Gasteiger partial charge in [-0.2, -0.15) is 0 Å². The van der Waals surface area contributed by atoms with Crippen LogP contribution in [0.4, 0.5) is 0 Å². The van der Waals surface area contributed by atoms with Gasteiger partial charge in [0.15, 0.2) is 0 Å². The topological polar surface area (TPSA) is 75.6 Å². The van der Waals surface area contributed by atoms with E-state index in [0.717, 1.165) is 11.3 Å². The third-order valence-electron chi connectivity index (χ3n) is 3.36. The van der Waals surface area contributed by atoms with Crippen molar-refractivity contribution in [2.45, 2.75) is 17.4 Å². The molecular formula is C15H15NO4S. The summed E-state index contributed by atoms with van der Waals surface area (Å²) in [6.45, 7) is 0.206. The number of ether oxygens (including phenoxy) is 1. The molecule has 21 heavy (non-hydrogen) atoms. The molecule has 1 aliphatic rings. The van der Waals surface area contributed by atoms with Gasteiger partial charge in [0.25, 0.3) is 0 Å². The fourth-order valence-corrected chi connectivity index (χ4v) is 3.35. The molecule has 0 saturated heterocycles. The maximum atomic E-state index is 12.1. The molecule has 6 heteroatoms. The Hall–Kier alpha value is -2.05. The molecule has 0 spiro atoms. The summed E-state index contributed by atoms with van der Waals surface area (Å²) in [6, 6.07) is 13.1. The Morgan fingerprint density at radius 3 is 2.57 bits per heavy atom. The molecule has 0 radical (unpaired) electrons. The molecule has 1 unspecified atom stereocenters. The van der Waals surface area contributed by atoms with Crippen LogP contribution in [0, 0.1) is 0 Å². The molecule has 2 N–H and O–H groups in total. The lowest BCUT2D eigenvalue weighted by molar-refractivity contribution is 0.236. The lowest BCUT2D eigenvalue weighted by Gasteiger charge is -2.12. The van der Waals surface area contributed by atoms with Crippen molar-refractivity contribution >= 4 is 10.0 Å². The molecule has 2 aromatic carbocycles. The molecule has 0 saturated carbocycles. The zero-order valence-corrected chi connectivity index (χ0v) is 12.0. The normalized spacial score (nSPS) is 17.2. The molecule has 110 valence electrons. The predicted molar refractivity (Wildman–Crippen MR) is 77.9 cm³/mol. The van der Waals surface area contributed by atoms with E-state index in [-0.39, 0.29) is 23.3 Å². The summed E-state index contributed by atoms with van der Waals surface area (Å²) in [5, 5.41) is 9.19. The highest BCUT2D eigenvalue weighted by atomic mass is 32.2. The number of benzene rings is 2. The van der Waals surface area contributed by atoms with E-state index in [0.29, 0.717) is 6.42 Å². The van der Waals surface area contributed by atoms with Crippen molar-refractivity contribution in [3.05, 3.63) is 54.1 Å². The number of rotatable bonds is 4. The van der Waals surface area contributed by atoms with E-state index in [9.17, 15) is 13.5 Å². The van der Waals surface area contributed by atoms with Crippen molar-refractivity contribution in [1.82, 2.24) is 4.72 Å². The first-order chi connectivity index (χ1) is 10.0. The fraction of sp³-hybridized carbons (Fsp3) is 0.200. The van der Waals surface area contributed by atoms with Crippen molar-refractivity contribution in [2.24, 2.45) is 0 Å². The minimum atomic E-state index is -3.59. The van der Waals surface area contributed by atoms with Gasteiger partial charge in [-0.25, -0.2) is 13.1 Å². The second-order valence-corrected chi connectivity index (χ2v) is 6.66. The molecule has 1 heterocycles. The minimum absolute atomic E-state index is 0.0310. The summed E-state index contributed by atoms with van der Waals surface area (Å²) in [7, 11) is -3.59. The van der Waals surface area contributed by atoms with Crippen LogP contribution in [-0.4, -0.2) is 26.2 Å². The summed E-state index contributed by atoms with van der Waals surface area (Å²) in [5.41, 5.74) is 1.09. The lowest BCUT2D eigenvalue weighted by Crippen LogP contribution is -2.34. The van der Waals surface area contributed by atoms with Crippen molar-refractivity contribution in [3.8, 4) is 11.5 Å². The number of phenols is 1. The highest BCUT2D eigenvalue weighted by Gasteiger charge is 2.24. The molecule has 1 atom stereocenters. The second kappa shape index (κ2) is 5.38. The van der Waals surface area contributed by atoms with Gasteiger partial charge in [0.05, 0.1) is 4.90 Å². The van der Waals surface area contributed by atoms with Crippen LogP contribution in [0.5, 0.6) is 11.5 Å². The van der Waals surface area contributed by atoms with Crippen molar-refractivity contribution in [1.29, 1.82) is 0 Å². The van der Waals surface area contributed by atoms with E-state index < -0.39 is 10.0 Å². The monoisotopic (exact) mass is 305 g/mol. The van der Waals surface area contributed by atoms with Crippen LogP contribution >= 0.6 is 0 Å². The van der Waals surface area contributed by atoms with Gasteiger partial charge >= 0.3 is 0 Å². The summed E-state index contributed by atoms with van der Waals surface area (Å²) >= 11 is 0. The number of fused-ring (bicyclic) bond motifs is 1. The van der Waals surface area contributed by atoms with Crippen LogP contribution in [0.15, 0.2) is 53.4 Å². The van der Waals surface area contributed by atoms with Crippen LogP contribution in [0.25, 0.3) is 0 Å². The van der Waals surface area contributed by atoms with E-state index in [1.807, 2.05) is 24.3 Å². The van der Waals surface area contributed by atoms with Gasteiger partial charge < -0.3 is 9.84 Å². The minimum Gasteiger partial charge on any atom is -0.508 e. The van der Waals surface area contributed by atoms with Crippen molar-refractivity contribution in [2.75, 3.05) is 6.54 Å². The standard InChI is InChI=1S/C15H15NO4S/c17-12-5-7-14(8-6-12)21(18,19)16-10-13-9-11-3-1-2-4-15(11)20-13/h1-8,13,16-17H,9-10H2. The molecule has 0 aromatic heterocycles. The smallest absolute Gasteiger partial charge is 0.240 e. The van der Waals surface area contributed by atoms with Crippen LogP contribution < -0.4 is 9.46 Å². The Kier molecular flexibility index (Phi) is 3.57. The number of hydrogen-bond donors (Lipinski definition) is 2. The number of sulfonamides is 1. The molecule has 0 aliphatic carbocycles. The van der Waals surface area contributed by atoms with Gasteiger partial charge in [-0.3, -0.25) is 0 Å². The van der Waals surface area contributed by atoms with E-state index in [1.54, 1.807) is 0 Å². The van der Waals surface area contributed by atoms with Crippen LogP contribution in [0.1, 0.15) is 5.56 Å². The Morgan fingerprint density at radius 2 is 1.86 bits per heavy atom. The summed E-state index contributed by atoms with van der Waals surface area (Å²) < 4.78 is 32.5. The fourth-order valence-electron chi connectivity index (χ4n) is 2.28. The average molecular weight is 305 g/mol. The van der Waals surface area contributed by atoms with E-state index in [4.69, 9.17) is 4.74 Å². The Bertz CT molecular complexity index is 716. The van der Waals surface area contributed by atoms with Crippen molar-refractivity contribution in [3.63, 3.8) is 0 Å². The van der Waals surface area contributed by atoms with E-state index in [2.05, 4.69) is 4.72 Å². The number of hydrogen-bond acceptors (Lipinski definition) is 4.